The second-order valence-electron chi connectivity index (χ2n) is 5.13. The molecule has 23 heavy (non-hydrogen) atoms. The summed E-state index contributed by atoms with van der Waals surface area (Å²) in [7, 11) is 0. The lowest BCUT2D eigenvalue weighted by Crippen LogP contribution is -1.84. The van der Waals surface area contributed by atoms with Crippen molar-refractivity contribution in [2.75, 3.05) is 0 Å². The molecule has 0 aliphatic rings. The van der Waals surface area contributed by atoms with Crippen LogP contribution < -0.4 is 0 Å². The molecule has 2 aromatic heterocycles. The predicted octanol–water partition coefficient (Wildman–Crippen LogP) is 6.13. The van der Waals surface area contributed by atoms with E-state index in [1.54, 1.807) is 11.3 Å². The fourth-order valence-electron chi connectivity index (χ4n) is 2.57. The van der Waals surface area contributed by atoms with E-state index in [0.29, 0.717) is 5.02 Å². The molecular weight excluding hydrogens is 324 g/mol. The molecule has 0 bridgehead atoms. The smallest absolute Gasteiger partial charge is 0.148 e. The highest BCUT2D eigenvalue weighted by Gasteiger charge is 2.17. The number of nitrogens with zero attached hydrogens (tertiary/aromatic N) is 1. The number of hydrogen-bond acceptors (Lipinski definition) is 2. The molecule has 0 fully saturated rings. The van der Waals surface area contributed by atoms with Crippen molar-refractivity contribution >= 4 is 22.9 Å². The minimum Gasteiger partial charge on any atom is -0.337 e. The molecular formula is C19H13ClN2S. The highest BCUT2D eigenvalue weighted by Crippen LogP contribution is 2.36. The Bertz CT molecular complexity index is 927. The van der Waals surface area contributed by atoms with Crippen molar-refractivity contribution in [3.8, 4) is 33.2 Å². The number of H-pyrrole nitrogens is 1. The minimum absolute atomic E-state index is 0.714. The van der Waals surface area contributed by atoms with E-state index in [-0.39, 0.29) is 0 Å². The van der Waals surface area contributed by atoms with Gasteiger partial charge in [-0.15, -0.1) is 11.3 Å². The third-order valence-corrected chi connectivity index (χ3v) is 4.85. The van der Waals surface area contributed by atoms with E-state index in [0.717, 1.165) is 33.2 Å². The molecule has 2 nitrogen and oxygen atoms in total. The molecule has 2 aromatic carbocycles. The van der Waals surface area contributed by atoms with E-state index in [9.17, 15) is 0 Å². The first-order valence-corrected chi connectivity index (χ1v) is 8.53. The van der Waals surface area contributed by atoms with E-state index in [2.05, 4.69) is 28.6 Å². The number of hydrogen-bond donors (Lipinski definition) is 1. The molecule has 4 aromatic rings. The van der Waals surface area contributed by atoms with Crippen molar-refractivity contribution < 1.29 is 0 Å². The average molecular weight is 337 g/mol. The second-order valence-corrected chi connectivity index (χ2v) is 6.49. The van der Waals surface area contributed by atoms with E-state index < -0.39 is 0 Å². The maximum Gasteiger partial charge on any atom is 0.148 e. The fourth-order valence-corrected chi connectivity index (χ4v) is 3.47. The minimum atomic E-state index is 0.714. The summed E-state index contributed by atoms with van der Waals surface area (Å²) in [6, 6.07) is 22.1. The Balaban J connectivity index is 1.95. The van der Waals surface area contributed by atoms with Gasteiger partial charge in [0.1, 0.15) is 5.82 Å². The first kappa shape index (κ1) is 14.2. The van der Waals surface area contributed by atoms with Crippen LogP contribution in [0.25, 0.3) is 33.2 Å². The van der Waals surface area contributed by atoms with Gasteiger partial charge in [-0.3, -0.25) is 0 Å². The zero-order valence-corrected chi connectivity index (χ0v) is 13.7. The zero-order chi connectivity index (χ0) is 15.6. The van der Waals surface area contributed by atoms with Gasteiger partial charge < -0.3 is 4.98 Å². The monoisotopic (exact) mass is 336 g/mol. The summed E-state index contributed by atoms with van der Waals surface area (Å²) in [6.07, 6.45) is 0. The Morgan fingerprint density at radius 2 is 1.65 bits per heavy atom. The molecule has 112 valence electrons. The molecule has 0 amide bonds. The first-order chi connectivity index (χ1) is 11.3. The Morgan fingerprint density at radius 3 is 2.39 bits per heavy atom. The standard InChI is InChI=1S/C19H13ClN2S/c20-15-10-5-4-9-14(15)18-17(13-7-2-1-3-8-13)21-19(22-18)16-11-6-12-23-16/h1-12H,(H,21,22). The predicted molar refractivity (Wildman–Crippen MR) is 97.8 cm³/mol. The average Bonchev–Trinajstić information content (AvgIpc) is 3.26. The topological polar surface area (TPSA) is 28.7 Å². The molecule has 0 saturated heterocycles. The van der Waals surface area contributed by atoms with Crippen molar-refractivity contribution in [1.82, 2.24) is 9.97 Å². The van der Waals surface area contributed by atoms with Crippen LogP contribution in [0.2, 0.25) is 5.02 Å². The van der Waals surface area contributed by atoms with Crippen LogP contribution in [-0.2, 0) is 0 Å². The van der Waals surface area contributed by atoms with Gasteiger partial charge in [0.25, 0.3) is 0 Å². The summed E-state index contributed by atoms with van der Waals surface area (Å²) in [5.41, 5.74) is 3.90. The van der Waals surface area contributed by atoms with Gasteiger partial charge in [-0.2, -0.15) is 0 Å². The van der Waals surface area contributed by atoms with Crippen LogP contribution in [0, 0.1) is 0 Å². The molecule has 0 spiro atoms. The molecule has 0 aliphatic carbocycles. The molecule has 0 saturated carbocycles. The van der Waals surface area contributed by atoms with Gasteiger partial charge in [-0.05, 0) is 17.5 Å². The zero-order valence-electron chi connectivity index (χ0n) is 12.2. The summed E-state index contributed by atoms with van der Waals surface area (Å²) >= 11 is 8.07. The summed E-state index contributed by atoms with van der Waals surface area (Å²) in [6.45, 7) is 0. The molecule has 2 heterocycles. The maximum atomic E-state index is 6.41. The van der Waals surface area contributed by atoms with Crippen molar-refractivity contribution in [1.29, 1.82) is 0 Å². The van der Waals surface area contributed by atoms with Gasteiger partial charge >= 0.3 is 0 Å². The summed E-state index contributed by atoms with van der Waals surface area (Å²) < 4.78 is 0. The largest absolute Gasteiger partial charge is 0.337 e. The quantitative estimate of drug-likeness (QED) is 0.479. The lowest BCUT2D eigenvalue weighted by atomic mass is 10.1. The van der Waals surface area contributed by atoms with Gasteiger partial charge in [0.2, 0.25) is 0 Å². The first-order valence-electron chi connectivity index (χ1n) is 7.27. The van der Waals surface area contributed by atoms with Crippen LogP contribution >= 0.6 is 22.9 Å². The van der Waals surface area contributed by atoms with E-state index in [1.807, 2.05) is 48.5 Å². The second kappa shape index (κ2) is 6.03. The van der Waals surface area contributed by atoms with Crippen LogP contribution in [0.5, 0.6) is 0 Å². The maximum absolute atomic E-state index is 6.41. The number of benzene rings is 2. The van der Waals surface area contributed by atoms with Gasteiger partial charge in [0, 0.05) is 16.1 Å². The van der Waals surface area contributed by atoms with Gasteiger partial charge in [0.05, 0.1) is 16.3 Å². The van der Waals surface area contributed by atoms with E-state index in [1.165, 1.54) is 0 Å². The van der Waals surface area contributed by atoms with Crippen molar-refractivity contribution in [3.05, 3.63) is 77.1 Å². The van der Waals surface area contributed by atoms with Crippen LogP contribution in [0.1, 0.15) is 0 Å². The molecule has 4 rings (SSSR count). The lowest BCUT2D eigenvalue weighted by Gasteiger charge is -2.05. The lowest BCUT2D eigenvalue weighted by molar-refractivity contribution is 1.33. The van der Waals surface area contributed by atoms with Gasteiger partial charge in [-0.25, -0.2) is 4.98 Å². The van der Waals surface area contributed by atoms with E-state index >= 15 is 0 Å². The summed E-state index contributed by atoms with van der Waals surface area (Å²) in [5, 5.41) is 2.76. The van der Waals surface area contributed by atoms with Crippen molar-refractivity contribution in [2.24, 2.45) is 0 Å². The SMILES string of the molecule is Clc1ccccc1-c1[nH]c(-c2cccs2)nc1-c1ccccc1. The number of rotatable bonds is 3. The number of aromatic nitrogens is 2. The summed E-state index contributed by atoms with van der Waals surface area (Å²) in [5.74, 6) is 0.869. The number of halogens is 1. The van der Waals surface area contributed by atoms with Crippen LogP contribution in [-0.4, -0.2) is 9.97 Å². The molecule has 1 N–H and O–H groups in total. The Morgan fingerprint density at radius 1 is 0.870 bits per heavy atom. The molecule has 0 unspecified atom stereocenters. The highest BCUT2D eigenvalue weighted by molar-refractivity contribution is 7.13. The van der Waals surface area contributed by atoms with Crippen LogP contribution in [0.4, 0.5) is 0 Å². The van der Waals surface area contributed by atoms with Gasteiger partial charge in [0.15, 0.2) is 0 Å². The van der Waals surface area contributed by atoms with Crippen LogP contribution in [0.3, 0.4) is 0 Å². The Labute approximate surface area is 143 Å². The van der Waals surface area contributed by atoms with Crippen molar-refractivity contribution in [2.45, 2.75) is 0 Å². The Hall–Kier alpha value is -2.36. The number of thiophene rings is 1. The number of imidazole rings is 1. The Kier molecular flexibility index (Phi) is 3.74. The van der Waals surface area contributed by atoms with Gasteiger partial charge in [-0.1, -0.05) is 66.2 Å². The molecule has 0 aliphatic heterocycles. The van der Waals surface area contributed by atoms with E-state index in [4.69, 9.17) is 16.6 Å². The molecule has 0 radical (unpaired) electrons. The summed E-state index contributed by atoms with van der Waals surface area (Å²) in [4.78, 5) is 9.40. The highest BCUT2D eigenvalue weighted by atomic mass is 35.5. The van der Waals surface area contributed by atoms with Crippen LogP contribution in [0.15, 0.2) is 72.1 Å². The van der Waals surface area contributed by atoms with Crippen molar-refractivity contribution in [3.63, 3.8) is 0 Å². The fraction of sp³-hybridized carbons (Fsp3) is 0. The number of nitrogens with one attached hydrogen (secondary N) is 1. The normalized spacial score (nSPS) is 10.8. The molecule has 4 heteroatoms. The third kappa shape index (κ3) is 2.69. The third-order valence-electron chi connectivity index (χ3n) is 3.65. The molecule has 0 atom stereocenters. The number of aromatic amines is 1.